The zero-order valence-corrected chi connectivity index (χ0v) is 25.8. The molecule has 1 heteroatoms. The fraction of sp³-hybridized carbons (Fsp3) is 0.0222. The van der Waals surface area contributed by atoms with Crippen LogP contribution in [-0.2, 0) is 0 Å². The van der Waals surface area contributed by atoms with Gasteiger partial charge in [0.1, 0.15) is 0 Å². The molecule has 0 heterocycles. The van der Waals surface area contributed by atoms with Crippen molar-refractivity contribution in [2.24, 2.45) is 0 Å². The minimum absolute atomic E-state index is 1.12. The predicted molar refractivity (Wildman–Crippen MR) is 199 cm³/mol. The number of anilines is 3. The highest BCUT2D eigenvalue weighted by atomic mass is 15.1. The number of hydrogen-bond acceptors (Lipinski definition) is 1. The third-order valence-corrected chi connectivity index (χ3v) is 8.96. The van der Waals surface area contributed by atoms with Gasteiger partial charge in [-0.1, -0.05) is 146 Å². The van der Waals surface area contributed by atoms with Gasteiger partial charge >= 0.3 is 0 Å². The Bertz CT molecular complexity index is 2360. The van der Waals surface area contributed by atoms with Crippen molar-refractivity contribution >= 4 is 55.5 Å². The van der Waals surface area contributed by atoms with Gasteiger partial charge in [-0.05, 0) is 98.1 Å². The molecule has 218 valence electrons. The van der Waals surface area contributed by atoms with Gasteiger partial charge in [0, 0.05) is 16.8 Å². The molecule has 0 radical (unpaired) electrons. The van der Waals surface area contributed by atoms with Gasteiger partial charge in [-0.25, -0.2) is 0 Å². The lowest BCUT2D eigenvalue weighted by Crippen LogP contribution is -2.10. The summed E-state index contributed by atoms with van der Waals surface area (Å²) < 4.78 is 0. The molecule has 0 amide bonds. The highest BCUT2D eigenvalue weighted by molar-refractivity contribution is 6.13. The Morgan fingerprint density at radius 1 is 0.413 bits per heavy atom. The van der Waals surface area contributed by atoms with E-state index in [1.165, 1.54) is 60.1 Å². The molecule has 0 bridgehead atoms. The van der Waals surface area contributed by atoms with E-state index in [-0.39, 0.29) is 0 Å². The molecule has 0 aromatic heterocycles. The van der Waals surface area contributed by atoms with Gasteiger partial charge in [0.15, 0.2) is 0 Å². The van der Waals surface area contributed by atoms with Crippen LogP contribution in [0, 0.1) is 0 Å². The first-order valence-corrected chi connectivity index (χ1v) is 15.9. The van der Waals surface area contributed by atoms with Crippen molar-refractivity contribution in [3.63, 3.8) is 0 Å². The average Bonchev–Trinajstić information content (AvgIpc) is 3.13. The molecule has 8 aromatic carbocycles. The molecule has 0 unspecified atom stereocenters. The van der Waals surface area contributed by atoms with E-state index in [2.05, 4.69) is 194 Å². The molecule has 0 fully saturated rings. The summed E-state index contributed by atoms with van der Waals surface area (Å²) in [6, 6.07) is 61.6. The van der Waals surface area contributed by atoms with Crippen LogP contribution in [-0.4, -0.2) is 0 Å². The zero-order chi connectivity index (χ0) is 30.9. The summed E-state index contributed by atoms with van der Waals surface area (Å²) in [6.07, 6.45) is 4.27. The molecule has 0 spiro atoms. The maximum Gasteiger partial charge on any atom is 0.0540 e. The summed E-state index contributed by atoms with van der Waals surface area (Å²) in [5, 5.41) is 7.55. The zero-order valence-electron chi connectivity index (χ0n) is 25.8. The van der Waals surface area contributed by atoms with Crippen LogP contribution in [0.2, 0.25) is 0 Å². The fourth-order valence-corrected chi connectivity index (χ4v) is 6.79. The molecular weight excluding hydrogens is 555 g/mol. The quantitative estimate of drug-likeness (QED) is 0.175. The van der Waals surface area contributed by atoms with Gasteiger partial charge in [-0.15, -0.1) is 0 Å². The maximum absolute atomic E-state index is 2.38. The highest BCUT2D eigenvalue weighted by Crippen LogP contribution is 2.41. The lowest BCUT2D eigenvalue weighted by atomic mass is 9.93. The van der Waals surface area contributed by atoms with Crippen LogP contribution in [0.4, 0.5) is 17.1 Å². The van der Waals surface area contributed by atoms with Gasteiger partial charge in [0.25, 0.3) is 0 Å². The average molecular weight is 588 g/mol. The Balaban J connectivity index is 1.26. The lowest BCUT2D eigenvalue weighted by Gasteiger charge is -2.27. The van der Waals surface area contributed by atoms with Crippen molar-refractivity contribution in [2.75, 3.05) is 4.90 Å². The van der Waals surface area contributed by atoms with Crippen LogP contribution in [0.15, 0.2) is 176 Å². The minimum atomic E-state index is 1.12. The van der Waals surface area contributed by atoms with Crippen molar-refractivity contribution in [2.45, 2.75) is 6.92 Å². The maximum atomic E-state index is 2.38. The van der Waals surface area contributed by atoms with Crippen LogP contribution in [0.25, 0.3) is 60.6 Å². The second-order valence-corrected chi connectivity index (χ2v) is 11.7. The summed E-state index contributed by atoms with van der Waals surface area (Å²) in [4.78, 5) is 2.38. The van der Waals surface area contributed by atoms with E-state index >= 15 is 0 Å². The van der Waals surface area contributed by atoms with Crippen LogP contribution in [0.1, 0.15) is 12.5 Å². The van der Waals surface area contributed by atoms with Crippen LogP contribution in [0.5, 0.6) is 0 Å². The van der Waals surface area contributed by atoms with E-state index in [1.54, 1.807) is 0 Å². The normalized spacial score (nSPS) is 11.5. The molecule has 0 aliphatic rings. The Kier molecular flexibility index (Phi) is 7.13. The minimum Gasteiger partial charge on any atom is -0.310 e. The Morgan fingerprint density at radius 3 is 1.67 bits per heavy atom. The van der Waals surface area contributed by atoms with Crippen LogP contribution >= 0.6 is 0 Å². The number of allylic oxidation sites excluding steroid dienone is 1. The van der Waals surface area contributed by atoms with Crippen molar-refractivity contribution in [3.05, 3.63) is 181 Å². The largest absolute Gasteiger partial charge is 0.310 e. The van der Waals surface area contributed by atoms with E-state index in [1.807, 2.05) is 0 Å². The first kappa shape index (κ1) is 27.6. The molecule has 46 heavy (non-hydrogen) atoms. The Morgan fingerprint density at radius 2 is 0.957 bits per heavy atom. The molecule has 0 atom stereocenters. The predicted octanol–water partition coefficient (Wildman–Crippen LogP) is 13.0. The Hall–Kier alpha value is -5.92. The summed E-state index contributed by atoms with van der Waals surface area (Å²) >= 11 is 0. The summed E-state index contributed by atoms with van der Waals surface area (Å²) in [5.74, 6) is 0. The molecule has 1 nitrogen and oxygen atoms in total. The van der Waals surface area contributed by atoms with E-state index in [4.69, 9.17) is 0 Å². The van der Waals surface area contributed by atoms with E-state index in [0.29, 0.717) is 0 Å². The van der Waals surface area contributed by atoms with Gasteiger partial charge in [0.2, 0.25) is 0 Å². The van der Waals surface area contributed by atoms with Crippen molar-refractivity contribution in [1.82, 2.24) is 0 Å². The van der Waals surface area contributed by atoms with Gasteiger partial charge in [0.05, 0.1) is 5.69 Å². The topological polar surface area (TPSA) is 3.24 Å². The van der Waals surface area contributed by atoms with Crippen molar-refractivity contribution in [3.8, 4) is 22.3 Å². The highest BCUT2D eigenvalue weighted by Gasteiger charge is 2.17. The molecule has 0 saturated carbocycles. The molecule has 0 aliphatic carbocycles. The van der Waals surface area contributed by atoms with Gasteiger partial charge < -0.3 is 4.90 Å². The number of benzene rings is 8. The number of hydrogen-bond donors (Lipinski definition) is 0. The number of nitrogens with zero attached hydrogens (tertiary/aromatic N) is 1. The molecule has 0 aliphatic heterocycles. The SMILES string of the molecule is C/C=C\c1ccccc1-c1ccc(N(c2ccc(-c3cc4ccccc4c4ccccc34)cc2)c2cccc3ccccc23)cc1. The van der Waals surface area contributed by atoms with Crippen LogP contribution in [0.3, 0.4) is 0 Å². The monoisotopic (exact) mass is 587 g/mol. The van der Waals surface area contributed by atoms with Gasteiger partial charge in [-0.3, -0.25) is 0 Å². The molecule has 0 N–H and O–H groups in total. The first-order valence-electron chi connectivity index (χ1n) is 15.9. The van der Waals surface area contributed by atoms with E-state index in [9.17, 15) is 0 Å². The second kappa shape index (κ2) is 11.9. The lowest BCUT2D eigenvalue weighted by molar-refractivity contribution is 1.30. The standard InChI is InChI=1S/C45H33N/c1-2-12-32-13-3-6-17-39(32)34-23-27-37(28-24-34)46(45-22-11-16-33-14-4-8-19-41(33)45)38-29-25-35(26-30-38)44-31-36-15-5-7-18-40(36)42-20-9-10-21-43(42)44/h2-31H,1H3/b12-2-. The Labute approximate surface area is 270 Å². The van der Waals surface area contributed by atoms with Crippen molar-refractivity contribution in [1.29, 1.82) is 0 Å². The molecule has 8 rings (SSSR count). The van der Waals surface area contributed by atoms with E-state index in [0.717, 1.165) is 17.1 Å². The molecule has 0 saturated heterocycles. The van der Waals surface area contributed by atoms with E-state index < -0.39 is 0 Å². The number of fused-ring (bicyclic) bond motifs is 4. The fourth-order valence-electron chi connectivity index (χ4n) is 6.79. The summed E-state index contributed by atoms with van der Waals surface area (Å²) in [5.41, 5.74) is 9.51. The van der Waals surface area contributed by atoms with Crippen molar-refractivity contribution < 1.29 is 0 Å². The summed E-state index contributed by atoms with van der Waals surface area (Å²) in [7, 11) is 0. The number of rotatable bonds is 6. The second-order valence-electron chi connectivity index (χ2n) is 11.7. The molecule has 8 aromatic rings. The smallest absolute Gasteiger partial charge is 0.0540 e. The first-order chi connectivity index (χ1) is 22.8. The summed E-state index contributed by atoms with van der Waals surface area (Å²) in [6.45, 7) is 2.07. The van der Waals surface area contributed by atoms with Crippen LogP contribution < -0.4 is 4.90 Å². The van der Waals surface area contributed by atoms with Gasteiger partial charge in [-0.2, -0.15) is 0 Å². The molecular formula is C45H33N. The third kappa shape index (κ3) is 4.93. The third-order valence-electron chi connectivity index (χ3n) is 8.96.